The molecule has 0 aliphatic carbocycles. The number of nitriles is 1. The first-order valence-electron chi connectivity index (χ1n) is 12.3. The number of rotatable bonds is 6. The Balaban J connectivity index is 1.71. The number of aromatic nitrogens is 3. The maximum absolute atomic E-state index is 14.6. The molecule has 5 rings (SSSR count). The third-order valence-corrected chi connectivity index (χ3v) is 6.81. The Labute approximate surface area is 205 Å². The number of imidazole rings is 1. The van der Waals surface area contributed by atoms with Crippen LogP contribution in [0.3, 0.4) is 0 Å². The van der Waals surface area contributed by atoms with Gasteiger partial charge >= 0.3 is 0 Å². The maximum Gasteiger partial charge on any atom is 0.167 e. The molecular formula is C28H29FN6. The molecule has 1 aliphatic rings. The molecule has 3 heterocycles. The Morgan fingerprint density at radius 2 is 1.74 bits per heavy atom. The highest BCUT2D eigenvalue weighted by atomic mass is 19.1. The second kappa shape index (κ2) is 9.75. The average Bonchev–Trinajstić information content (AvgIpc) is 3.30. The molecule has 0 saturated carbocycles. The average molecular weight is 469 g/mol. The number of piperidine rings is 1. The zero-order valence-electron chi connectivity index (χ0n) is 20.2. The van der Waals surface area contributed by atoms with Crippen molar-refractivity contribution in [2.75, 3.05) is 36.0 Å². The van der Waals surface area contributed by atoms with Crippen molar-refractivity contribution in [3.63, 3.8) is 0 Å². The van der Waals surface area contributed by atoms with Crippen LogP contribution in [0.1, 0.15) is 38.7 Å². The van der Waals surface area contributed by atoms with Crippen LogP contribution in [-0.4, -0.2) is 40.7 Å². The molecule has 0 spiro atoms. The van der Waals surface area contributed by atoms with E-state index in [2.05, 4.69) is 47.9 Å². The van der Waals surface area contributed by atoms with Crippen LogP contribution in [-0.2, 0) is 0 Å². The summed E-state index contributed by atoms with van der Waals surface area (Å²) in [5.41, 5.74) is 5.29. The van der Waals surface area contributed by atoms with Gasteiger partial charge < -0.3 is 9.80 Å². The molecule has 6 nitrogen and oxygen atoms in total. The standard InChI is InChI=1S/C28H29FN6/c1-3-33(4-2)22-10-12-23(13-11-22)35-27(20-8-9-21(19-30)24(29)18-20)32-26-25(14-15-31-28(26)35)34-16-6-5-7-17-34/h8-15,18H,3-7,16-17H2,1-2H3. The fraction of sp³-hybridized carbons (Fsp3) is 0.321. The molecule has 35 heavy (non-hydrogen) atoms. The summed E-state index contributed by atoms with van der Waals surface area (Å²) in [7, 11) is 0. The van der Waals surface area contributed by atoms with Gasteiger partial charge in [-0.25, -0.2) is 14.4 Å². The van der Waals surface area contributed by atoms with Gasteiger partial charge in [0.15, 0.2) is 5.65 Å². The lowest BCUT2D eigenvalue weighted by Gasteiger charge is -2.28. The second-order valence-corrected chi connectivity index (χ2v) is 8.82. The number of benzene rings is 2. The predicted octanol–water partition coefficient (Wildman–Crippen LogP) is 5.93. The molecule has 0 unspecified atom stereocenters. The van der Waals surface area contributed by atoms with Crippen LogP contribution >= 0.6 is 0 Å². The number of hydrogen-bond acceptors (Lipinski definition) is 5. The molecule has 1 aliphatic heterocycles. The van der Waals surface area contributed by atoms with Gasteiger partial charge in [0.2, 0.25) is 0 Å². The van der Waals surface area contributed by atoms with Gasteiger partial charge in [-0.1, -0.05) is 0 Å². The fourth-order valence-corrected chi connectivity index (χ4v) is 4.93. The topological polar surface area (TPSA) is 61.0 Å². The Hall–Kier alpha value is -3.92. The molecule has 7 heteroatoms. The van der Waals surface area contributed by atoms with Crippen molar-refractivity contribution in [2.45, 2.75) is 33.1 Å². The summed E-state index contributed by atoms with van der Waals surface area (Å²) < 4.78 is 16.6. The molecular weight excluding hydrogens is 439 g/mol. The van der Waals surface area contributed by atoms with Crippen molar-refractivity contribution >= 4 is 22.5 Å². The number of nitrogens with zero attached hydrogens (tertiary/aromatic N) is 6. The molecule has 2 aromatic heterocycles. The number of hydrogen-bond donors (Lipinski definition) is 0. The summed E-state index contributed by atoms with van der Waals surface area (Å²) in [5.74, 6) is 0.0561. The quantitative estimate of drug-likeness (QED) is 0.351. The van der Waals surface area contributed by atoms with Crippen LogP contribution in [0, 0.1) is 17.1 Å². The minimum absolute atomic E-state index is 0.0205. The van der Waals surface area contributed by atoms with E-state index >= 15 is 0 Å². The molecule has 0 atom stereocenters. The highest BCUT2D eigenvalue weighted by Gasteiger charge is 2.22. The first kappa shape index (κ1) is 22.9. The van der Waals surface area contributed by atoms with E-state index in [9.17, 15) is 9.65 Å². The van der Waals surface area contributed by atoms with Gasteiger partial charge in [-0.15, -0.1) is 0 Å². The van der Waals surface area contributed by atoms with E-state index in [1.165, 1.54) is 18.6 Å². The Bertz CT molecular complexity index is 1380. The van der Waals surface area contributed by atoms with Gasteiger partial charge in [0.25, 0.3) is 0 Å². The lowest BCUT2D eigenvalue weighted by molar-refractivity contribution is 0.578. The van der Waals surface area contributed by atoms with Gasteiger partial charge in [-0.05, 0) is 81.6 Å². The van der Waals surface area contributed by atoms with E-state index in [1.807, 2.05) is 22.9 Å². The molecule has 2 aromatic carbocycles. The summed E-state index contributed by atoms with van der Waals surface area (Å²) in [5, 5.41) is 9.19. The van der Waals surface area contributed by atoms with Crippen molar-refractivity contribution in [1.29, 1.82) is 5.26 Å². The summed E-state index contributed by atoms with van der Waals surface area (Å²) in [6.45, 7) is 8.13. The highest BCUT2D eigenvalue weighted by Crippen LogP contribution is 2.34. The lowest BCUT2D eigenvalue weighted by Crippen LogP contribution is -2.29. The predicted molar refractivity (Wildman–Crippen MR) is 139 cm³/mol. The van der Waals surface area contributed by atoms with Crippen LogP contribution in [0.5, 0.6) is 0 Å². The summed E-state index contributed by atoms with van der Waals surface area (Å²) >= 11 is 0. The number of pyridine rings is 1. The second-order valence-electron chi connectivity index (χ2n) is 8.82. The lowest BCUT2D eigenvalue weighted by atomic mass is 10.1. The van der Waals surface area contributed by atoms with Crippen LogP contribution in [0.15, 0.2) is 54.7 Å². The van der Waals surface area contributed by atoms with Gasteiger partial charge in [0.05, 0.1) is 11.3 Å². The largest absolute Gasteiger partial charge is 0.372 e. The zero-order valence-corrected chi connectivity index (χ0v) is 20.2. The van der Waals surface area contributed by atoms with E-state index in [4.69, 9.17) is 9.97 Å². The molecule has 1 fully saturated rings. The van der Waals surface area contributed by atoms with E-state index in [-0.39, 0.29) is 5.56 Å². The summed E-state index contributed by atoms with van der Waals surface area (Å²) in [4.78, 5) is 14.4. The van der Waals surface area contributed by atoms with Gasteiger partial charge in [-0.3, -0.25) is 4.57 Å². The van der Waals surface area contributed by atoms with Crippen LogP contribution in [0.4, 0.5) is 15.8 Å². The molecule has 0 amide bonds. The number of halogens is 1. The van der Waals surface area contributed by atoms with Gasteiger partial charge in [0.1, 0.15) is 23.2 Å². The monoisotopic (exact) mass is 468 g/mol. The molecule has 4 aromatic rings. The van der Waals surface area contributed by atoms with Gasteiger partial charge in [-0.2, -0.15) is 5.26 Å². The Morgan fingerprint density at radius 1 is 1.00 bits per heavy atom. The van der Waals surface area contributed by atoms with Crippen LogP contribution < -0.4 is 9.80 Å². The normalized spacial score (nSPS) is 13.7. The van der Waals surface area contributed by atoms with E-state index in [0.717, 1.165) is 67.2 Å². The first-order valence-corrected chi connectivity index (χ1v) is 12.3. The van der Waals surface area contributed by atoms with Gasteiger partial charge in [0, 0.05) is 49.3 Å². The Morgan fingerprint density at radius 3 is 2.40 bits per heavy atom. The third kappa shape index (κ3) is 4.21. The molecule has 0 bridgehead atoms. The number of anilines is 2. The van der Waals surface area contributed by atoms with Crippen molar-refractivity contribution in [3.05, 3.63) is 66.1 Å². The molecule has 1 saturated heterocycles. The fourth-order valence-electron chi connectivity index (χ4n) is 4.93. The summed E-state index contributed by atoms with van der Waals surface area (Å²) in [6, 6.07) is 16.9. The van der Waals surface area contributed by atoms with Crippen LogP contribution in [0.25, 0.3) is 28.2 Å². The van der Waals surface area contributed by atoms with Crippen molar-refractivity contribution in [3.8, 4) is 23.1 Å². The minimum atomic E-state index is -0.551. The van der Waals surface area contributed by atoms with Crippen molar-refractivity contribution in [2.24, 2.45) is 0 Å². The van der Waals surface area contributed by atoms with Crippen molar-refractivity contribution in [1.82, 2.24) is 14.5 Å². The van der Waals surface area contributed by atoms with E-state index < -0.39 is 5.82 Å². The molecule has 0 N–H and O–H groups in total. The first-order chi connectivity index (χ1) is 17.1. The van der Waals surface area contributed by atoms with E-state index in [1.54, 1.807) is 6.07 Å². The maximum atomic E-state index is 14.6. The Kier molecular flexibility index (Phi) is 6.37. The highest BCUT2D eigenvalue weighted by molar-refractivity contribution is 5.90. The van der Waals surface area contributed by atoms with Crippen LogP contribution in [0.2, 0.25) is 0 Å². The summed E-state index contributed by atoms with van der Waals surface area (Å²) in [6.07, 6.45) is 5.39. The van der Waals surface area contributed by atoms with E-state index in [0.29, 0.717) is 11.4 Å². The molecule has 0 radical (unpaired) electrons. The van der Waals surface area contributed by atoms with Crippen molar-refractivity contribution < 1.29 is 4.39 Å². The minimum Gasteiger partial charge on any atom is -0.372 e. The smallest absolute Gasteiger partial charge is 0.167 e. The SMILES string of the molecule is CCN(CC)c1ccc(-n2c(-c3ccc(C#N)c(F)c3)nc3c(N4CCCCC4)ccnc32)cc1. The third-order valence-electron chi connectivity index (χ3n) is 6.81. The molecule has 178 valence electrons. The number of fused-ring (bicyclic) bond motifs is 1. The zero-order chi connectivity index (χ0) is 24.4.